The smallest absolute Gasteiger partial charge is 0.114 e. The lowest BCUT2D eigenvalue weighted by Gasteiger charge is -2.13. The molecule has 1 aliphatic rings. The van der Waals surface area contributed by atoms with Gasteiger partial charge in [0.15, 0.2) is 0 Å². The Morgan fingerprint density at radius 3 is 2.81 bits per heavy atom. The molecule has 0 bridgehead atoms. The summed E-state index contributed by atoms with van der Waals surface area (Å²) in [5.74, 6) is 2.45. The monoisotopic (exact) mass is 215 g/mol. The summed E-state index contributed by atoms with van der Waals surface area (Å²) >= 11 is 0. The molecule has 0 radical (unpaired) electrons. The van der Waals surface area contributed by atoms with E-state index in [0.29, 0.717) is 11.8 Å². The van der Waals surface area contributed by atoms with Crippen LogP contribution in [0, 0.1) is 5.92 Å². The molecule has 0 saturated carbocycles. The number of fused-ring (bicyclic) bond motifs is 1. The average Bonchev–Trinajstić information content (AvgIpc) is 2.84. The number of hydrogen-bond acceptors (Lipinski definition) is 2. The normalized spacial score (nSPS) is 25.4. The fourth-order valence-electron chi connectivity index (χ4n) is 2.65. The van der Waals surface area contributed by atoms with Crippen LogP contribution in [0.4, 0.5) is 0 Å². The number of imidazole rings is 1. The molecule has 0 spiro atoms. The molecule has 2 atom stereocenters. The molecule has 2 unspecified atom stereocenters. The van der Waals surface area contributed by atoms with Crippen molar-refractivity contribution in [3.05, 3.63) is 30.1 Å². The van der Waals surface area contributed by atoms with Crippen molar-refractivity contribution in [1.29, 1.82) is 0 Å². The molecule has 3 nitrogen and oxygen atoms in total. The lowest BCUT2D eigenvalue weighted by Crippen LogP contribution is -2.13. The van der Waals surface area contributed by atoms with E-state index in [2.05, 4.69) is 48.1 Å². The minimum absolute atomic E-state index is 0.553. The Kier molecular flexibility index (Phi) is 2.21. The number of nitrogens with zero attached hydrogens (tertiary/aromatic N) is 2. The van der Waals surface area contributed by atoms with Crippen LogP contribution in [0.1, 0.15) is 18.7 Å². The van der Waals surface area contributed by atoms with Crippen LogP contribution >= 0.6 is 0 Å². The van der Waals surface area contributed by atoms with Gasteiger partial charge in [-0.15, -0.1) is 0 Å². The first-order valence-corrected chi connectivity index (χ1v) is 5.89. The van der Waals surface area contributed by atoms with Crippen molar-refractivity contribution in [3.8, 4) is 0 Å². The molecule has 1 N–H and O–H groups in total. The van der Waals surface area contributed by atoms with Gasteiger partial charge in [-0.05, 0) is 24.6 Å². The average molecular weight is 215 g/mol. The number of rotatable bonds is 1. The van der Waals surface area contributed by atoms with Gasteiger partial charge in [0.2, 0.25) is 0 Å². The number of nitrogens with one attached hydrogen (secondary N) is 1. The molecule has 1 aromatic heterocycles. The second-order valence-electron chi connectivity index (χ2n) is 4.76. The molecule has 1 saturated heterocycles. The summed E-state index contributed by atoms with van der Waals surface area (Å²) in [6.45, 7) is 4.45. The first kappa shape index (κ1) is 9.85. The van der Waals surface area contributed by atoms with E-state index in [-0.39, 0.29) is 0 Å². The molecule has 1 aliphatic heterocycles. The van der Waals surface area contributed by atoms with Crippen LogP contribution < -0.4 is 5.32 Å². The maximum absolute atomic E-state index is 4.77. The van der Waals surface area contributed by atoms with Crippen LogP contribution in [0.15, 0.2) is 24.3 Å². The maximum atomic E-state index is 4.77. The summed E-state index contributed by atoms with van der Waals surface area (Å²) in [5, 5.41) is 3.44. The Balaban J connectivity index is 2.13. The molecule has 3 heteroatoms. The maximum Gasteiger partial charge on any atom is 0.114 e. The lowest BCUT2D eigenvalue weighted by atomic mass is 9.97. The van der Waals surface area contributed by atoms with E-state index < -0.39 is 0 Å². The van der Waals surface area contributed by atoms with Crippen molar-refractivity contribution in [1.82, 2.24) is 14.9 Å². The molecule has 3 rings (SSSR count). The Hall–Kier alpha value is -1.35. The Bertz CT molecular complexity index is 515. The van der Waals surface area contributed by atoms with E-state index in [1.165, 1.54) is 11.3 Å². The number of hydrogen-bond donors (Lipinski definition) is 1. The van der Waals surface area contributed by atoms with Gasteiger partial charge in [0.05, 0.1) is 11.0 Å². The van der Waals surface area contributed by atoms with Crippen LogP contribution in [0.2, 0.25) is 0 Å². The van der Waals surface area contributed by atoms with Crippen LogP contribution in [0.5, 0.6) is 0 Å². The molecule has 84 valence electrons. The van der Waals surface area contributed by atoms with E-state index in [0.717, 1.165) is 18.6 Å². The van der Waals surface area contributed by atoms with Gasteiger partial charge in [-0.1, -0.05) is 19.1 Å². The van der Waals surface area contributed by atoms with E-state index in [4.69, 9.17) is 4.98 Å². The van der Waals surface area contributed by atoms with Gasteiger partial charge < -0.3 is 9.88 Å². The van der Waals surface area contributed by atoms with Gasteiger partial charge in [0, 0.05) is 19.5 Å². The van der Waals surface area contributed by atoms with E-state index in [9.17, 15) is 0 Å². The van der Waals surface area contributed by atoms with Crippen LogP contribution in [-0.4, -0.2) is 22.6 Å². The van der Waals surface area contributed by atoms with Crippen molar-refractivity contribution < 1.29 is 0 Å². The van der Waals surface area contributed by atoms with Crippen LogP contribution in [0.3, 0.4) is 0 Å². The van der Waals surface area contributed by atoms with Gasteiger partial charge in [0.1, 0.15) is 5.82 Å². The largest absolute Gasteiger partial charge is 0.331 e. The Morgan fingerprint density at radius 1 is 1.31 bits per heavy atom. The highest BCUT2D eigenvalue weighted by Crippen LogP contribution is 2.28. The van der Waals surface area contributed by atoms with Crippen molar-refractivity contribution in [2.45, 2.75) is 12.8 Å². The molecular formula is C13H17N3. The summed E-state index contributed by atoms with van der Waals surface area (Å²) in [6, 6.07) is 8.35. The molecular weight excluding hydrogens is 198 g/mol. The van der Waals surface area contributed by atoms with Crippen LogP contribution in [0.25, 0.3) is 11.0 Å². The zero-order valence-corrected chi connectivity index (χ0v) is 9.77. The molecule has 2 heterocycles. The Morgan fingerprint density at radius 2 is 2.12 bits per heavy atom. The van der Waals surface area contributed by atoms with Gasteiger partial charge in [-0.25, -0.2) is 4.98 Å². The first-order valence-electron chi connectivity index (χ1n) is 5.89. The second-order valence-corrected chi connectivity index (χ2v) is 4.76. The molecule has 0 amide bonds. The highest BCUT2D eigenvalue weighted by Gasteiger charge is 2.28. The minimum Gasteiger partial charge on any atom is -0.331 e. The van der Waals surface area contributed by atoms with Gasteiger partial charge in [0.25, 0.3) is 0 Å². The molecule has 16 heavy (non-hydrogen) atoms. The SMILES string of the molecule is CC1CNCC1c1nc2ccccc2n1C. The number of aromatic nitrogens is 2. The zero-order valence-electron chi connectivity index (χ0n) is 9.77. The summed E-state index contributed by atoms with van der Waals surface area (Å²) in [4.78, 5) is 4.77. The minimum atomic E-state index is 0.553. The van der Waals surface area contributed by atoms with Crippen molar-refractivity contribution in [2.75, 3.05) is 13.1 Å². The predicted molar refractivity (Wildman–Crippen MR) is 65.5 cm³/mol. The lowest BCUT2D eigenvalue weighted by molar-refractivity contribution is 0.533. The van der Waals surface area contributed by atoms with Crippen LogP contribution in [-0.2, 0) is 7.05 Å². The van der Waals surface area contributed by atoms with Crippen molar-refractivity contribution in [2.24, 2.45) is 13.0 Å². The van der Waals surface area contributed by atoms with E-state index >= 15 is 0 Å². The summed E-state index contributed by atoms with van der Waals surface area (Å²) in [5.41, 5.74) is 2.34. The van der Waals surface area contributed by atoms with E-state index in [1.807, 2.05) is 0 Å². The molecule has 1 fully saturated rings. The topological polar surface area (TPSA) is 29.9 Å². The third-order valence-corrected chi connectivity index (χ3v) is 3.67. The molecule has 2 aromatic rings. The summed E-state index contributed by atoms with van der Waals surface area (Å²) in [6.07, 6.45) is 0. The third kappa shape index (κ3) is 1.35. The highest BCUT2D eigenvalue weighted by atomic mass is 15.1. The zero-order chi connectivity index (χ0) is 11.1. The van der Waals surface area contributed by atoms with Gasteiger partial charge in [-0.2, -0.15) is 0 Å². The fraction of sp³-hybridized carbons (Fsp3) is 0.462. The quantitative estimate of drug-likeness (QED) is 0.787. The van der Waals surface area contributed by atoms with E-state index in [1.54, 1.807) is 0 Å². The van der Waals surface area contributed by atoms with Gasteiger partial charge >= 0.3 is 0 Å². The number of aryl methyl sites for hydroxylation is 1. The highest BCUT2D eigenvalue weighted by molar-refractivity contribution is 5.75. The number of para-hydroxylation sites is 2. The Labute approximate surface area is 95.5 Å². The van der Waals surface area contributed by atoms with Crippen molar-refractivity contribution in [3.63, 3.8) is 0 Å². The van der Waals surface area contributed by atoms with Crippen molar-refractivity contribution >= 4 is 11.0 Å². The fourth-order valence-corrected chi connectivity index (χ4v) is 2.65. The number of benzene rings is 1. The predicted octanol–water partition coefficient (Wildman–Crippen LogP) is 1.90. The second kappa shape index (κ2) is 3.59. The first-order chi connectivity index (χ1) is 7.77. The third-order valence-electron chi connectivity index (χ3n) is 3.67. The summed E-state index contributed by atoms with van der Waals surface area (Å²) < 4.78 is 2.24. The van der Waals surface area contributed by atoms with Gasteiger partial charge in [-0.3, -0.25) is 0 Å². The summed E-state index contributed by atoms with van der Waals surface area (Å²) in [7, 11) is 2.12. The standard InChI is InChI=1S/C13H17N3/c1-9-7-14-8-10(9)13-15-11-5-3-4-6-12(11)16(13)2/h3-6,9-10,14H,7-8H2,1-2H3. The molecule has 1 aromatic carbocycles. The molecule has 0 aliphatic carbocycles.